The third-order valence-electron chi connectivity index (χ3n) is 4.45. The van der Waals surface area contributed by atoms with E-state index < -0.39 is 72.7 Å². The van der Waals surface area contributed by atoms with E-state index in [1.807, 2.05) is 0 Å². The monoisotopic (exact) mass is 475 g/mol. The summed E-state index contributed by atoms with van der Waals surface area (Å²) < 4.78 is 0. The van der Waals surface area contributed by atoms with E-state index in [0.29, 0.717) is 19.4 Å². The van der Waals surface area contributed by atoms with Crippen molar-refractivity contribution in [2.75, 3.05) is 13.2 Å². The molecule has 15 nitrogen and oxygen atoms in total. The fourth-order valence-corrected chi connectivity index (χ4v) is 2.63. The fourth-order valence-electron chi connectivity index (χ4n) is 2.63. The van der Waals surface area contributed by atoms with Gasteiger partial charge in [0.15, 0.2) is 0 Å². The third kappa shape index (κ3) is 12.4. The minimum Gasteiger partial charge on any atom is -0.480 e. The van der Waals surface area contributed by atoms with E-state index in [0.717, 1.165) is 0 Å². The quantitative estimate of drug-likeness (QED) is 0.0903. The number of aliphatic carboxylic acids is 1. The van der Waals surface area contributed by atoms with Crippen molar-refractivity contribution in [1.29, 1.82) is 0 Å². The fraction of sp³-hybridized carbons (Fsp3) is 0.667. The second-order valence-electron chi connectivity index (χ2n) is 7.27. The number of hydrogen-bond acceptors (Lipinski definition) is 9. The summed E-state index contributed by atoms with van der Waals surface area (Å²) >= 11 is 0. The molecule has 0 rings (SSSR count). The molecule has 0 aliphatic carbocycles. The molecule has 33 heavy (non-hydrogen) atoms. The van der Waals surface area contributed by atoms with Crippen molar-refractivity contribution in [2.45, 2.75) is 62.7 Å². The number of unbranched alkanes of at least 4 members (excludes halogenated alkanes) is 1. The first kappa shape index (κ1) is 29.7. The highest BCUT2D eigenvalue weighted by molar-refractivity contribution is 5.95. The number of carboxylic acids is 1. The minimum atomic E-state index is -1.56. The van der Waals surface area contributed by atoms with E-state index in [9.17, 15) is 39.0 Å². The number of nitrogens with two attached hydrogens (primary N) is 4. The van der Waals surface area contributed by atoms with Gasteiger partial charge in [-0.05, 0) is 32.2 Å². The summed E-state index contributed by atoms with van der Waals surface area (Å²) in [4.78, 5) is 70.5. The maximum Gasteiger partial charge on any atom is 0.326 e. The van der Waals surface area contributed by atoms with Crippen LogP contribution in [0.15, 0.2) is 0 Å². The average molecular weight is 476 g/mol. The number of nitrogens with one attached hydrogen (secondary N) is 3. The number of hydrogen-bond donors (Lipinski definition) is 9. The lowest BCUT2D eigenvalue weighted by molar-refractivity contribution is -0.142. The number of carbonyl (C=O) groups is 6. The number of primary amides is 2. The predicted molar refractivity (Wildman–Crippen MR) is 114 cm³/mol. The molecule has 0 aromatic carbocycles. The minimum absolute atomic E-state index is 0.0852. The third-order valence-corrected chi connectivity index (χ3v) is 4.45. The Balaban J connectivity index is 5.30. The largest absolute Gasteiger partial charge is 0.480 e. The van der Waals surface area contributed by atoms with E-state index in [2.05, 4.69) is 16.0 Å². The molecular weight excluding hydrogens is 442 g/mol. The molecule has 0 radical (unpaired) electrons. The normalized spacial score (nSPS) is 14.3. The molecule has 0 aromatic heterocycles. The number of carboxylic acid groups (broad SMARTS) is 1. The second-order valence-corrected chi connectivity index (χ2v) is 7.27. The summed E-state index contributed by atoms with van der Waals surface area (Å²) in [7, 11) is 0. The molecule has 0 saturated heterocycles. The molecule has 0 heterocycles. The van der Waals surface area contributed by atoms with Gasteiger partial charge in [-0.25, -0.2) is 4.79 Å². The molecular formula is C18H33N7O8. The van der Waals surface area contributed by atoms with Gasteiger partial charge in [-0.2, -0.15) is 0 Å². The van der Waals surface area contributed by atoms with Crippen LogP contribution in [-0.4, -0.2) is 83.0 Å². The lowest BCUT2D eigenvalue weighted by Crippen LogP contribution is -2.58. The number of rotatable bonds is 17. The molecule has 13 N–H and O–H groups in total. The van der Waals surface area contributed by atoms with Gasteiger partial charge in [0, 0.05) is 6.42 Å². The van der Waals surface area contributed by atoms with Crippen LogP contribution in [0.25, 0.3) is 0 Å². The molecule has 0 fully saturated rings. The Morgan fingerprint density at radius 2 is 1.30 bits per heavy atom. The van der Waals surface area contributed by atoms with E-state index in [-0.39, 0.29) is 19.3 Å². The standard InChI is InChI=1S/C18H33N7O8/c19-6-2-1-3-11(18(32)33)24-16(30)10(4-5-13(21)27)23-17(31)12(8-26)25-15(29)9(20)7-14(22)28/h9-12,26H,1-8,19-20H2,(H2,21,27)(H2,22,28)(H,23,31)(H,24,30)(H,25,29)(H,32,33). The average Bonchev–Trinajstić information content (AvgIpc) is 2.72. The second kappa shape index (κ2) is 15.5. The van der Waals surface area contributed by atoms with E-state index in [4.69, 9.17) is 22.9 Å². The Bertz CT molecular complexity index is 718. The summed E-state index contributed by atoms with van der Waals surface area (Å²) in [6.07, 6.45) is -0.0381. The summed E-state index contributed by atoms with van der Waals surface area (Å²) in [6.45, 7) is -0.545. The van der Waals surface area contributed by atoms with Crippen LogP contribution >= 0.6 is 0 Å². The Morgan fingerprint density at radius 3 is 1.79 bits per heavy atom. The highest BCUT2D eigenvalue weighted by atomic mass is 16.4. The topological polar surface area (TPSA) is 283 Å². The van der Waals surface area contributed by atoms with Crippen molar-refractivity contribution in [1.82, 2.24) is 16.0 Å². The van der Waals surface area contributed by atoms with Crippen LogP contribution in [0.2, 0.25) is 0 Å². The molecule has 0 aromatic rings. The van der Waals surface area contributed by atoms with Gasteiger partial charge in [0.05, 0.1) is 19.1 Å². The van der Waals surface area contributed by atoms with Crippen molar-refractivity contribution in [3.8, 4) is 0 Å². The van der Waals surface area contributed by atoms with Gasteiger partial charge in [0.25, 0.3) is 0 Å². The summed E-state index contributed by atoms with van der Waals surface area (Å²) in [5.41, 5.74) is 20.9. The van der Waals surface area contributed by atoms with Crippen molar-refractivity contribution < 1.29 is 39.0 Å². The van der Waals surface area contributed by atoms with Gasteiger partial charge in [-0.1, -0.05) is 0 Å². The molecule has 0 bridgehead atoms. The number of carbonyl (C=O) groups excluding carboxylic acids is 5. The molecule has 0 saturated carbocycles. The molecule has 4 atom stereocenters. The van der Waals surface area contributed by atoms with E-state index in [1.54, 1.807) is 0 Å². The zero-order valence-corrected chi connectivity index (χ0v) is 18.1. The smallest absolute Gasteiger partial charge is 0.326 e. The predicted octanol–water partition coefficient (Wildman–Crippen LogP) is -4.89. The highest BCUT2D eigenvalue weighted by Crippen LogP contribution is 2.04. The van der Waals surface area contributed by atoms with Crippen molar-refractivity contribution in [2.24, 2.45) is 22.9 Å². The van der Waals surface area contributed by atoms with E-state index in [1.165, 1.54) is 0 Å². The molecule has 0 aliphatic rings. The molecule has 188 valence electrons. The lowest BCUT2D eigenvalue weighted by Gasteiger charge is -2.24. The number of aliphatic hydroxyl groups excluding tert-OH is 1. The van der Waals surface area contributed by atoms with Gasteiger partial charge in [0.2, 0.25) is 29.5 Å². The van der Waals surface area contributed by atoms with Crippen molar-refractivity contribution in [3.05, 3.63) is 0 Å². The molecule has 4 unspecified atom stereocenters. The Labute approximate surface area is 190 Å². The Hall–Kier alpha value is -3.30. The Morgan fingerprint density at radius 1 is 0.758 bits per heavy atom. The van der Waals surface area contributed by atoms with Crippen LogP contribution in [-0.2, 0) is 28.8 Å². The van der Waals surface area contributed by atoms with E-state index >= 15 is 0 Å². The van der Waals surface area contributed by atoms with Crippen LogP contribution in [0.1, 0.15) is 38.5 Å². The number of amides is 5. The van der Waals surface area contributed by atoms with Gasteiger partial charge >= 0.3 is 5.97 Å². The maximum atomic E-state index is 12.6. The summed E-state index contributed by atoms with van der Waals surface area (Å²) in [5, 5.41) is 25.4. The van der Waals surface area contributed by atoms with Crippen LogP contribution in [0, 0.1) is 0 Å². The molecule has 0 spiro atoms. The molecule has 15 heteroatoms. The summed E-state index contributed by atoms with van der Waals surface area (Å²) in [5.74, 6) is -5.80. The Kier molecular flexibility index (Phi) is 13.9. The summed E-state index contributed by atoms with van der Waals surface area (Å²) in [6, 6.07) is -5.59. The molecule has 0 aliphatic heterocycles. The highest BCUT2D eigenvalue weighted by Gasteiger charge is 2.30. The van der Waals surface area contributed by atoms with Crippen LogP contribution in [0.4, 0.5) is 0 Å². The lowest BCUT2D eigenvalue weighted by atomic mass is 10.1. The zero-order chi connectivity index (χ0) is 25.6. The van der Waals surface area contributed by atoms with Crippen LogP contribution in [0.5, 0.6) is 0 Å². The first-order chi connectivity index (χ1) is 15.4. The van der Waals surface area contributed by atoms with Gasteiger partial charge in [-0.3, -0.25) is 24.0 Å². The first-order valence-electron chi connectivity index (χ1n) is 10.2. The van der Waals surface area contributed by atoms with Gasteiger partial charge < -0.3 is 49.1 Å². The van der Waals surface area contributed by atoms with Crippen molar-refractivity contribution >= 4 is 35.5 Å². The zero-order valence-electron chi connectivity index (χ0n) is 18.1. The maximum absolute atomic E-state index is 12.6. The van der Waals surface area contributed by atoms with Gasteiger partial charge in [0.1, 0.15) is 18.1 Å². The number of aliphatic hydroxyl groups is 1. The first-order valence-corrected chi connectivity index (χ1v) is 10.2. The SMILES string of the molecule is NCCCCC(NC(=O)C(CCC(N)=O)NC(=O)C(CO)NC(=O)C(N)CC(N)=O)C(=O)O. The van der Waals surface area contributed by atoms with Crippen LogP contribution < -0.4 is 38.9 Å². The van der Waals surface area contributed by atoms with Crippen molar-refractivity contribution in [3.63, 3.8) is 0 Å². The van der Waals surface area contributed by atoms with Crippen LogP contribution in [0.3, 0.4) is 0 Å². The molecule has 5 amide bonds. The van der Waals surface area contributed by atoms with Gasteiger partial charge in [-0.15, -0.1) is 0 Å².